The summed E-state index contributed by atoms with van der Waals surface area (Å²) in [4.78, 5) is 16.1. The Kier molecular flexibility index (Phi) is 5.53. The van der Waals surface area contributed by atoms with Crippen molar-refractivity contribution in [2.45, 2.75) is 36.3 Å². The minimum atomic E-state index is 0.00872. The van der Waals surface area contributed by atoms with Gasteiger partial charge in [0.25, 0.3) is 5.91 Å². The second-order valence-corrected chi connectivity index (χ2v) is 7.62. The van der Waals surface area contributed by atoms with E-state index in [0.717, 1.165) is 40.7 Å². The third-order valence-electron chi connectivity index (χ3n) is 4.46. The molecule has 7 heteroatoms. The number of carbonyl (C=O) groups excluding carboxylic acids is 1. The normalized spacial score (nSPS) is 13.3. The minimum absolute atomic E-state index is 0.00872. The van der Waals surface area contributed by atoms with Gasteiger partial charge in [-0.3, -0.25) is 14.3 Å². The van der Waals surface area contributed by atoms with Crippen LogP contribution in [0.3, 0.4) is 0 Å². The van der Waals surface area contributed by atoms with Crippen molar-refractivity contribution in [3.63, 3.8) is 0 Å². The molecule has 6 nitrogen and oxygen atoms in total. The van der Waals surface area contributed by atoms with Crippen molar-refractivity contribution in [2.24, 2.45) is 0 Å². The Bertz CT molecular complexity index is 964. The quantitative estimate of drug-likeness (QED) is 0.468. The molecule has 2 aromatic heterocycles. The topological polar surface area (TPSA) is 72.7 Å². The van der Waals surface area contributed by atoms with Gasteiger partial charge in [-0.2, -0.15) is 0 Å². The number of hydrogen-bond donors (Lipinski definition) is 1. The lowest BCUT2D eigenvalue weighted by Gasteiger charge is -2.08. The number of benzene rings is 1. The molecule has 1 saturated carbocycles. The fraction of sp³-hybridized carbons (Fsp3) is 0.238. The number of pyridine rings is 1. The van der Waals surface area contributed by atoms with E-state index in [-0.39, 0.29) is 5.91 Å². The van der Waals surface area contributed by atoms with Gasteiger partial charge < -0.3 is 5.32 Å². The van der Waals surface area contributed by atoms with E-state index in [2.05, 4.69) is 27.1 Å². The second-order valence-electron chi connectivity index (χ2n) is 6.67. The number of allylic oxidation sites excluding steroid dienone is 1. The molecule has 1 amide bonds. The van der Waals surface area contributed by atoms with Crippen LogP contribution in [0.2, 0.25) is 0 Å². The molecule has 0 atom stereocenters. The maximum absolute atomic E-state index is 12.1. The van der Waals surface area contributed by atoms with Crippen LogP contribution in [0.5, 0.6) is 0 Å². The van der Waals surface area contributed by atoms with Crippen molar-refractivity contribution >= 4 is 17.7 Å². The maximum atomic E-state index is 12.1. The van der Waals surface area contributed by atoms with Crippen LogP contribution in [0.25, 0.3) is 11.4 Å². The van der Waals surface area contributed by atoms with E-state index in [0.29, 0.717) is 18.2 Å². The van der Waals surface area contributed by atoms with Gasteiger partial charge in [-0.15, -0.1) is 16.8 Å². The highest BCUT2D eigenvalue weighted by atomic mass is 32.2. The number of aromatic nitrogens is 4. The van der Waals surface area contributed by atoms with Crippen molar-refractivity contribution in [3.05, 3.63) is 72.6 Å². The van der Waals surface area contributed by atoms with Crippen LogP contribution in [-0.4, -0.2) is 31.7 Å². The van der Waals surface area contributed by atoms with E-state index in [4.69, 9.17) is 0 Å². The van der Waals surface area contributed by atoms with Gasteiger partial charge in [0.1, 0.15) is 0 Å². The SMILES string of the molecule is C=CCn1c(SCc2ccc(C(=O)NC3CC3)cc2)nnc1-c1ccncc1. The molecule has 142 valence electrons. The molecule has 1 aliphatic rings. The van der Waals surface area contributed by atoms with Crippen LogP contribution in [0.1, 0.15) is 28.8 Å². The average Bonchev–Trinajstić information content (AvgIpc) is 3.46. The number of carbonyl (C=O) groups is 1. The Labute approximate surface area is 168 Å². The smallest absolute Gasteiger partial charge is 0.251 e. The summed E-state index contributed by atoms with van der Waals surface area (Å²) in [6.07, 6.45) is 7.51. The van der Waals surface area contributed by atoms with Crippen LogP contribution in [0.15, 0.2) is 66.6 Å². The van der Waals surface area contributed by atoms with Crippen molar-refractivity contribution in [1.82, 2.24) is 25.1 Å². The molecule has 1 N–H and O–H groups in total. The molecule has 0 bridgehead atoms. The van der Waals surface area contributed by atoms with Crippen molar-refractivity contribution in [3.8, 4) is 11.4 Å². The Morgan fingerprint density at radius 3 is 2.61 bits per heavy atom. The standard InChI is InChI=1S/C21H21N5OS/c1-2-13-26-19(16-9-11-22-12-10-16)24-25-21(26)28-14-15-3-5-17(6-4-15)20(27)23-18-7-8-18/h2-6,9-12,18H,1,7-8,13-14H2,(H,23,27). The van der Waals surface area contributed by atoms with Gasteiger partial charge in [-0.1, -0.05) is 30.0 Å². The molecule has 0 unspecified atom stereocenters. The highest BCUT2D eigenvalue weighted by molar-refractivity contribution is 7.98. The number of thioether (sulfide) groups is 1. The summed E-state index contributed by atoms with van der Waals surface area (Å²) in [7, 11) is 0. The van der Waals surface area contributed by atoms with Crippen LogP contribution < -0.4 is 5.32 Å². The summed E-state index contributed by atoms with van der Waals surface area (Å²) in [5.41, 5.74) is 2.81. The summed E-state index contributed by atoms with van der Waals surface area (Å²) in [6, 6.07) is 12.0. The molecule has 0 aliphatic heterocycles. The maximum Gasteiger partial charge on any atom is 0.251 e. The largest absolute Gasteiger partial charge is 0.349 e. The zero-order chi connectivity index (χ0) is 19.3. The summed E-state index contributed by atoms with van der Waals surface area (Å²) >= 11 is 1.62. The minimum Gasteiger partial charge on any atom is -0.349 e. The first-order chi connectivity index (χ1) is 13.7. The van der Waals surface area contributed by atoms with Crippen LogP contribution in [0, 0.1) is 0 Å². The molecule has 0 spiro atoms. The van der Waals surface area contributed by atoms with Crippen molar-refractivity contribution in [2.75, 3.05) is 0 Å². The first-order valence-electron chi connectivity index (χ1n) is 9.21. The molecule has 1 aromatic carbocycles. The molecular weight excluding hydrogens is 370 g/mol. The van der Waals surface area contributed by atoms with Gasteiger partial charge in [-0.05, 0) is 42.7 Å². The highest BCUT2D eigenvalue weighted by Gasteiger charge is 2.23. The summed E-state index contributed by atoms with van der Waals surface area (Å²) in [5, 5.41) is 12.6. The fourth-order valence-electron chi connectivity index (χ4n) is 2.80. The van der Waals surface area contributed by atoms with Gasteiger partial charge in [0.2, 0.25) is 0 Å². The second kappa shape index (κ2) is 8.39. The molecule has 28 heavy (non-hydrogen) atoms. The molecule has 0 saturated heterocycles. The Hall–Kier alpha value is -2.93. The lowest BCUT2D eigenvalue weighted by atomic mass is 10.1. The summed E-state index contributed by atoms with van der Waals surface area (Å²) < 4.78 is 2.05. The molecule has 3 aromatic rings. The predicted octanol–water partition coefficient (Wildman–Crippen LogP) is 3.71. The Morgan fingerprint density at radius 2 is 1.93 bits per heavy atom. The van der Waals surface area contributed by atoms with Gasteiger partial charge in [0.05, 0.1) is 0 Å². The van der Waals surface area contributed by atoms with Crippen molar-refractivity contribution in [1.29, 1.82) is 0 Å². The molecule has 0 radical (unpaired) electrons. The fourth-order valence-corrected chi connectivity index (χ4v) is 3.70. The zero-order valence-electron chi connectivity index (χ0n) is 15.4. The summed E-state index contributed by atoms with van der Waals surface area (Å²) in [6.45, 7) is 4.48. The predicted molar refractivity (Wildman–Crippen MR) is 110 cm³/mol. The number of amides is 1. The first-order valence-corrected chi connectivity index (χ1v) is 10.2. The highest BCUT2D eigenvalue weighted by Crippen LogP contribution is 2.26. The average molecular weight is 392 g/mol. The molecule has 1 fully saturated rings. The number of nitrogens with zero attached hydrogens (tertiary/aromatic N) is 4. The van der Waals surface area contributed by atoms with Gasteiger partial charge in [0, 0.05) is 41.9 Å². The molecule has 4 rings (SSSR count). The van der Waals surface area contributed by atoms with E-state index in [9.17, 15) is 4.79 Å². The number of nitrogens with one attached hydrogen (secondary N) is 1. The molecule has 1 aliphatic carbocycles. The third-order valence-corrected chi connectivity index (χ3v) is 5.50. The molecule has 2 heterocycles. The lowest BCUT2D eigenvalue weighted by Crippen LogP contribution is -2.25. The van der Waals surface area contributed by atoms with E-state index in [1.165, 1.54) is 0 Å². The number of hydrogen-bond acceptors (Lipinski definition) is 5. The van der Waals surface area contributed by atoms with E-state index in [1.54, 1.807) is 24.2 Å². The van der Waals surface area contributed by atoms with Gasteiger partial charge >= 0.3 is 0 Å². The Morgan fingerprint density at radius 1 is 1.18 bits per heavy atom. The van der Waals surface area contributed by atoms with Crippen LogP contribution in [0.4, 0.5) is 0 Å². The van der Waals surface area contributed by atoms with E-state index < -0.39 is 0 Å². The first kappa shape index (κ1) is 18.4. The van der Waals surface area contributed by atoms with Gasteiger partial charge in [-0.25, -0.2) is 0 Å². The van der Waals surface area contributed by atoms with E-state index >= 15 is 0 Å². The number of rotatable bonds is 8. The van der Waals surface area contributed by atoms with Crippen molar-refractivity contribution < 1.29 is 4.79 Å². The monoisotopic (exact) mass is 391 g/mol. The van der Waals surface area contributed by atoms with Crippen LogP contribution in [-0.2, 0) is 12.3 Å². The van der Waals surface area contributed by atoms with Crippen LogP contribution >= 0.6 is 11.8 Å². The third kappa shape index (κ3) is 4.31. The summed E-state index contributed by atoms with van der Waals surface area (Å²) in [5.74, 6) is 1.56. The lowest BCUT2D eigenvalue weighted by molar-refractivity contribution is 0.0951. The Balaban J connectivity index is 1.45. The van der Waals surface area contributed by atoms with Gasteiger partial charge in [0.15, 0.2) is 11.0 Å². The van der Waals surface area contributed by atoms with E-state index in [1.807, 2.05) is 47.0 Å². The zero-order valence-corrected chi connectivity index (χ0v) is 16.2. The molecular formula is C21H21N5OS.